The van der Waals surface area contributed by atoms with E-state index in [1.165, 1.54) is 41.5 Å². The number of carbonyl (C=O) groups excluding carboxylic acids is 3. The highest BCUT2D eigenvalue weighted by atomic mass is 16.8. The fourth-order valence-electron chi connectivity index (χ4n) is 14.6. The van der Waals surface area contributed by atoms with Crippen molar-refractivity contribution in [3.63, 3.8) is 0 Å². The van der Waals surface area contributed by atoms with Crippen molar-refractivity contribution in [1.82, 2.24) is 0 Å². The molecular formula is C52H82O18. The Kier molecular flexibility index (Phi) is 15.1. The van der Waals surface area contributed by atoms with Gasteiger partial charge < -0.3 is 69.3 Å². The molecule has 0 bridgehead atoms. The topological polar surface area (TPSA) is 286 Å². The number of aliphatic hydroxyl groups excluding tert-OH is 7. The van der Waals surface area contributed by atoms with Crippen molar-refractivity contribution in [3.05, 3.63) is 11.6 Å². The Morgan fingerprint density at radius 2 is 1.33 bits per heavy atom. The highest BCUT2D eigenvalue weighted by molar-refractivity contribution is 5.79. The maximum Gasteiger partial charge on any atom is 0.315 e. The molecule has 7 aliphatic rings. The largest absolute Gasteiger partial charge is 0.481 e. The number of aliphatic hydroxyl groups is 7. The number of carboxylic acids is 1. The lowest BCUT2D eigenvalue weighted by Gasteiger charge is -2.71. The number of hydrogen-bond donors (Lipinski definition) is 8. The third kappa shape index (κ3) is 8.76. The first-order chi connectivity index (χ1) is 32.3. The van der Waals surface area contributed by atoms with Crippen molar-refractivity contribution in [1.29, 1.82) is 0 Å². The van der Waals surface area contributed by atoms with Crippen LogP contribution < -0.4 is 0 Å². The predicted octanol–water partition coefficient (Wildman–Crippen LogP) is 3.54. The molecule has 70 heavy (non-hydrogen) atoms. The lowest BCUT2D eigenvalue weighted by molar-refractivity contribution is -0.358. The molecule has 0 aromatic carbocycles. The van der Waals surface area contributed by atoms with Crippen molar-refractivity contribution in [3.8, 4) is 0 Å². The van der Waals surface area contributed by atoms with Gasteiger partial charge >= 0.3 is 23.9 Å². The molecule has 0 aromatic heterocycles. The van der Waals surface area contributed by atoms with Crippen LogP contribution in [0.3, 0.4) is 0 Å². The number of fused-ring (bicyclic) bond motifs is 7. The van der Waals surface area contributed by atoms with Crippen LogP contribution in [0, 0.1) is 62.1 Å². The highest BCUT2D eigenvalue weighted by Crippen LogP contribution is 2.76. The molecule has 398 valence electrons. The molecule has 8 N–H and O–H groups in total. The van der Waals surface area contributed by atoms with Gasteiger partial charge in [-0.25, -0.2) is 0 Å². The van der Waals surface area contributed by atoms with Crippen molar-refractivity contribution in [2.75, 3.05) is 0 Å². The highest BCUT2D eigenvalue weighted by Gasteiger charge is 2.72. The summed E-state index contributed by atoms with van der Waals surface area (Å²) in [6, 6.07) is 0. The van der Waals surface area contributed by atoms with E-state index in [2.05, 4.69) is 40.7 Å². The molecule has 0 amide bonds. The maximum absolute atomic E-state index is 15.4. The van der Waals surface area contributed by atoms with E-state index >= 15 is 4.79 Å². The number of esters is 3. The molecule has 18 nitrogen and oxygen atoms in total. The SMILES string of the molecule is CC(O)C(C)C(=O)OC(C)C(C)C(=O)O[C@@H]1[C@H](O)[C@@H](O[C@@H]2O[C@@H](C)[C@H](O)[C@@H](O)[C@H]2O)[C@H](OC(=O)[C@]23CCC(C)(C)CC2C2=CCC4[C@@]5(C)C[C@H](O)[C@H](O)[C@@](C)(C(=O)O)C5CC[C@@]4(C)[C@]2(C)CC3)O[C@@H]1C. The minimum absolute atomic E-state index is 0.0392. The van der Waals surface area contributed by atoms with Gasteiger partial charge in [0.15, 0.2) is 18.5 Å². The minimum Gasteiger partial charge on any atom is -0.481 e. The van der Waals surface area contributed by atoms with E-state index in [1.807, 2.05) is 0 Å². The van der Waals surface area contributed by atoms with Crippen LogP contribution in [0.5, 0.6) is 0 Å². The van der Waals surface area contributed by atoms with Gasteiger partial charge in [-0.05, 0) is 146 Å². The zero-order valence-corrected chi connectivity index (χ0v) is 43.1. The Bertz CT molecular complexity index is 2030. The average Bonchev–Trinajstić information content (AvgIpc) is 3.28. The van der Waals surface area contributed by atoms with E-state index in [-0.39, 0.29) is 35.0 Å². The van der Waals surface area contributed by atoms with Gasteiger partial charge in [-0.1, -0.05) is 46.3 Å². The van der Waals surface area contributed by atoms with Crippen molar-refractivity contribution in [2.45, 2.75) is 227 Å². The number of aliphatic carboxylic acids is 1. The summed E-state index contributed by atoms with van der Waals surface area (Å²) in [7, 11) is 0. The molecule has 2 heterocycles. The van der Waals surface area contributed by atoms with E-state index in [0.29, 0.717) is 51.4 Å². The van der Waals surface area contributed by atoms with Crippen molar-refractivity contribution < 1.29 is 88.5 Å². The van der Waals surface area contributed by atoms with Crippen LogP contribution in [0.15, 0.2) is 11.6 Å². The first-order valence-corrected chi connectivity index (χ1v) is 25.6. The minimum atomic E-state index is -1.82. The Morgan fingerprint density at radius 3 is 1.96 bits per heavy atom. The second-order valence-corrected chi connectivity index (χ2v) is 24.4. The first-order valence-electron chi connectivity index (χ1n) is 25.6. The van der Waals surface area contributed by atoms with Gasteiger partial charge in [-0.15, -0.1) is 0 Å². The number of ether oxygens (including phenoxy) is 6. The van der Waals surface area contributed by atoms with Gasteiger partial charge in [-0.3, -0.25) is 19.2 Å². The molecule has 2 saturated heterocycles. The Balaban J connectivity index is 1.19. The van der Waals surface area contributed by atoms with Crippen LogP contribution >= 0.6 is 0 Å². The number of rotatable bonds is 11. The summed E-state index contributed by atoms with van der Waals surface area (Å²) in [5.41, 5.74) is -3.07. The molecule has 2 aliphatic heterocycles. The van der Waals surface area contributed by atoms with E-state index in [9.17, 15) is 55.2 Å². The third-order valence-electron chi connectivity index (χ3n) is 19.9. The monoisotopic (exact) mass is 995 g/mol. The lowest BCUT2D eigenvalue weighted by Crippen LogP contribution is -2.69. The summed E-state index contributed by atoms with van der Waals surface area (Å²) >= 11 is 0. The molecule has 7 unspecified atom stereocenters. The predicted molar refractivity (Wildman–Crippen MR) is 248 cm³/mol. The fourth-order valence-corrected chi connectivity index (χ4v) is 14.6. The normalized spacial score (nSPS) is 48.3. The van der Waals surface area contributed by atoms with Gasteiger partial charge in [0.25, 0.3) is 0 Å². The van der Waals surface area contributed by atoms with Crippen LogP contribution in [0.2, 0.25) is 0 Å². The summed E-state index contributed by atoms with van der Waals surface area (Å²) < 4.78 is 36.0. The van der Waals surface area contributed by atoms with Crippen molar-refractivity contribution >= 4 is 23.9 Å². The molecule has 5 aliphatic carbocycles. The number of carboxylic acid groups (broad SMARTS) is 1. The molecule has 0 spiro atoms. The van der Waals surface area contributed by atoms with Gasteiger partial charge in [0.2, 0.25) is 6.29 Å². The summed E-state index contributed by atoms with van der Waals surface area (Å²) in [5, 5.41) is 87.4. The van der Waals surface area contributed by atoms with E-state index in [1.54, 1.807) is 6.92 Å². The second-order valence-electron chi connectivity index (χ2n) is 24.4. The summed E-state index contributed by atoms with van der Waals surface area (Å²) in [5.74, 6) is -5.94. The van der Waals surface area contributed by atoms with Crippen LogP contribution in [0.4, 0.5) is 0 Å². The van der Waals surface area contributed by atoms with Crippen LogP contribution in [0.25, 0.3) is 0 Å². The second kappa shape index (κ2) is 19.2. The van der Waals surface area contributed by atoms with E-state index in [4.69, 9.17) is 28.4 Å². The molecular weight excluding hydrogens is 913 g/mol. The van der Waals surface area contributed by atoms with Crippen LogP contribution in [0.1, 0.15) is 141 Å². The van der Waals surface area contributed by atoms with Crippen LogP contribution in [-0.4, -0.2) is 151 Å². The number of hydrogen-bond acceptors (Lipinski definition) is 17. The van der Waals surface area contributed by atoms with Gasteiger partial charge in [-0.2, -0.15) is 0 Å². The van der Waals surface area contributed by atoms with E-state index in [0.717, 1.165) is 5.57 Å². The lowest BCUT2D eigenvalue weighted by atomic mass is 9.33. The van der Waals surface area contributed by atoms with Gasteiger partial charge in [0.05, 0.1) is 53.2 Å². The molecule has 7 rings (SSSR count). The Labute approximate surface area is 411 Å². The zero-order valence-electron chi connectivity index (χ0n) is 43.1. The van der Waals surface area contributed by atoms with Crippen LogP contribution in [-0.2, 0) is 47.6 Å². The zero-order chi connectivity index (χ0) is 52.2. The molecule has 6 fully saturated rings. The Morgan fingerprint density at radius 1 is 0.700 bits per heavy atom. The number of carbonyl (C=O) groups is 4. The average molecular weight is 995 g/mol. The summed E-state index contributed by atoms with van der Waals surface area (Å²) in [4.78, 5) is 54.7. The summed E-state index contributed by atoms with van der Waals surface area (Å²) in [6.07, 6.45) is -12.9. The molecule has 24 atom stereocenters. The number of allylic oxidation sites excluding steroid dienone is 2. The quantitative estimate of drug-likeness (QED) is 0.0835. The standard InChI is InChI=1S/C52H82O18/c1-23(25(3)53)41(60)65-26(4)24(2)42(61)68-38-28(6)67-44(39(37(38)58)69-43-36(57)35(56)34(55)27(5)66-43)70-46(64)52-19-17-47(7,8)21-30(52)29-13-14-32-48(9)22-31(54)40(59)51(12,45(62)63)33(48)15-16-50(32,11)49(29,10)18-20-52/h13,23-28,30-40,43-44,53-59H,14-22H2,1-12H3,(H,62,63)/t23?,24?,25?,26?,27-,28+,30?,31-,32?,33?,34-,35+,36+,37-,38-,39+,40-,43-,44-,48+,49+,50+,51-,52-/m0/s1. The fraction of sp³-hybridized carbons (Fsp3) is 0.885. The molecule has 18 heteroatoms. The summed E-state index contributed by atoms with van der Waals surface area (Å²) in [6.45, 7) is 21.5. The molecule has 4 saturated carbocycles. The third-order valence-corrected chi connectivity index (χ3v) is 19.9. The molecule has 0 aromatic rings. The molecule has 0 radical (unpaired) electrons. The smallest absolute Gasteiger partial charge is 0.315 e. The maximum atomic E-state index is 15.4. The van der Waals surface area contributed by atoms with Crippen molar-refractivity contribution in [2.24, 2.45) is 62.1 Å². The van der Waals surface area contributed by atoms with Gasteiger partial charge in [0, 0.05) is 0 Å². The van der Waals surface area contributed by atoms with E-state index < -0.39 is 143 Å². The Hall–Kier alpha value is -2.78. The first kappa shape index (κ1) is 55.0. The van der Waals surface area contributed by atoms with Gasteiger partial charge in [0.1, 0.15) is 30.5 Å².